The van der Waals surface area contributed by atoms with E-state index >= 15 is 0 Å². The summed E-state index contributed by atoms with van der Waals surface area (Å²) in [4.78, 5) is 0. The van der Waals surface area contributed by atoms with Crippen LogP contribution in [0.3, 0.4) is 0 Å². The van der Waals surface area contributed by atoms with Crippen molar-refractivity contribution < 1.29 is 14.6 Å². The van der Waals surface area contributed by atoms with Crippen LogP contribution in [0.2, 0.25) is 0 Å². The van der Waals surface area contributed by atoms with Gasteiger partial charge in [-0.05, 0) is 37.6 Å². The van der Waals surface area contributed by atoms with Crippen molar-refractivity contribution in [2.75, 3.05) is 26.1 Å². The van der Waals surface area contributed by atoms with Crippen LogP contribution in [0, 0.1) is 13.8 Å². The molecule has 0 radical (unpaired) electrons. The number of nitrogens with one attached hydrogen (secondary N) is 1. The van der Waals surface area contributed by atoms with Gasteiger partial charge in [-0.15, -0.1) is 0 Å². The number of aliphatic hydroxyl groups excluding tert-OH is 1. The molecule has 1 heterocycles. The number of hydrogen-bond donors (Lipinski definition) is 2. The lowest BCUT2D eigenvalue weighted by Crippen LogP contribution is -2.25. The topological polar surface area (TPSA) is 55.6 Å². The maximum atomic E-state index is 10.6. The van der Waals surface area contributed by atoms with E-state index in [9.17, 15) is 5.11 Å². The van der Waals surface area contributed by atoms with Crippen LogP contribution >= 0.6 is 0 Å². The number of aryl methyl sites for hydroxylation is 1. The Kier molecular flexibility index (Phi) is 5.38. The molecule has 0 amide bonds. The quantitative estimate of drug-likeness (QED) is 0.678. The van der Waals surface area contributed by atoms with Crippen molar-refractivity contribution >= 4 is 16.6 Å². The van der Waals surface area contributed by atoms with Crippen molar-refractivity contribution in [1.82, 2.24) is 4.57 Å². The number of ether oxygens (including phenoxy) is 2. The highest BCUT2D eigenvalue weighted by molar-refractivity contribution is 5.85. The van der Waals surface area contributed by atoms with Gasteiger partial charge in [-0.3, -0.25) is 0 Å². The molecule has 0 aliphatic heterocycles. The molecule has 0 aliphatic carbocycles. The predicted octanol–water partition coefficient (Wildman–Crippen LogP) is 3.75. The van der Waals surface area contributed by atoms with Gasteiger partial charge in [0.25, 0.3) is 0 Å². The minimum Gasteiger partial charge on any atom is -0.497 e. The molecule has 0 aliphatic rings. The zero-order chi connectivity index (χ0) is 18.7. The van der Waals surface area contributed by atoms with Crippen LogP contribution in [0.4, 0.5) is 5.69 Å². The van der Waals surface area contributed by atoms with E-state index in [1.807, 2.05) is 30.3 Å². The lowest BCUT2D eigenvalue weighted by Gasteiger charge is -2.18. The van der Waals surface area contributed by atoms with Crippen LogP contribution in [0.1, 0.15) is 11.3 Å². The first-order valence-corrected chi connectivity index (χ1v) is 8.73. The van der Waals surface area contributed by atoms with E-state index < -0.39 is 6.10 Å². The lowest BCUT2D eigenvalue weighted by molar-refractivity contribution is 0.167. The second-order valence-electron chi connectivity index (χ2n) is 6.44. The van der Waals surface area contributed by atoms with Gasteiger partial charge in [-0.25, -0.2) is 0 Å². The summed E-state index contributed by atoms with van der Waals surface area (Å²) in [6.45, 7) is 5.16. The molecule has 1 aromatic heterocycles. The maximum absolute atomic E-state index is 10.6. The summed E-state index contributed by atoms with van der Waals surface area (Å²) >= 11 is 0. The van der Waals surface area contributed by atoms with Crippen molar-refractivity contribution in [3.63, 3.8) is 0 Å². The molecule has 3 aromatic rings. The molecule has 5 nitrogen and oxygen atoms in total. The van der Waals surface area contributed by atoms with E-state index in [1.165, 1.54) is 16.6 Å². The van der Waals surface area contributed by atoms with Crippen LogP contribution in [-0.2, 0) is 6.54 Å². The Morgan fingerprint density at radius 3 is 2.58 bits per heavy atom. The van der Waals surface area contributed by atoms with E-state index in [0.717, 1.165) is 22.7 Å². The summed E-state index contributed by atoms with van der Waals surface area (Å²) in [6, 6.07) is 13.9. The normalized spacial score (nSPS) is 12.2. The van der Waals surface area contributed by atoms with Crippen LogP contribution in [-0.4, -0.2) is 36.5 Å². The molecule has 5 heteroatoms. The summed E-state index contributed by atoms with van der Waals surface area (Å²) < 4.78 is 12.8. The maximum Gasteiger partial charge on any atom is 0.142 e. The third-order valence-corrected chi connectivity index (χ3v) is 4.87. The Hall–Kier alpha value is -2.66. The second-order valence-corrected chi connectivity index (χ2v) is 6.44. The zero-order valence-electron chi connectivity index (χ0n) is 15.7. The molecule has 2 N–H and O–H groups in total. The standard InChI is InChI=1S/C21H26N2O3/c1-14-15(2)23(20-8-6-5-7-18(14)20)13-16(24)12-22-19-11-17(25-3)9-10-21(19)26-4/h5-11,16,22,24H,12-13H2,1-4H3. The van der Waals surface area contributed by atoms with Gasteiger partial charge in [0.15, 0.2) is 0 Å². The fourth-order valence-electron chi connectivity index (χ4n) is 3.29. The molecule has 0 saturated carbocycles. The minimum absolute atomic E-state index is 0.411. The van der Waals surface area contributed by atoms with Crippen LogP contribution < -0.4 is 14.8 Å². The molecule has 138 valence electrons. The largest absolute Gasteiger partial charge is 0.497 e. The van der Waals surface area contributed by atoms with Crippen molar-refractivity contribution in [3.8, 4) is 11.5 Å². The summed E-state index contributed by atoms with van der Waals surface area (Å²) in [6.07, 6.45) is -0.542. The third-order valence-electron chi connectivity index (χ3n) is 4.87. The van der Waals surface area contributed by atoms with Gasteiger partial charge < -0.3 is 24.5 Å². The predicted molar refractivity (Wildman–Crippen MR) is 105 cm³/mol. The average Bonchev–Trinajstić information content (AvgIpc) is 2.91. The minimum atomic E-state index is -0.542. The number of anilines is 1. The zero-order valence-corrected chi connectivity index (χ0v) is 15.7. The number of hydrogen-bond acceptors (Lipinski definition) is 4. The number of benzene rings is 2. The van der Waals surface area contributed by atoms with Gasteiger partial charge in [0.1, 0.15) is 11.5 Å². The average molecular weight is 354 g/mol. The molecule has 1 atom stereocenters. The van der Waals surface area contributed by atoms with Crippen molar-refractivity contribution in [3.05, 3.63) is 53.7 Å². The number of methoxy groups -OCH3 is 2. The fourth-order valence-corrected chi connectivity index (χ4v) is 3.29. The second kappa shape index (κ2) is 7.70. The van der Waals surface area contributed by atoms with Crippen molar-refractivity contribution in [2.45, 2.75) is 26.5 Å². The molecular weight excluding hydrogens is 328 g/mol. The highest BCUT2D eigenvalue weighted by Gasteiger charge is 2.14. The Morgan fingerprint density at radius 1 is 1.08 bits per heavy atom. The van der Waals surface area contributed by atoms with Gasteiger partial charge in [-0.1, -0.05) is 18.2 Å². The van der Waals surface area contributed by atoms with Gasteiger partial charge in [0.05, 0.1) is 32.6 Å². The van der Waals surface area contributed by atoms with E-state index in [1.54, 1.807) is 14.2 Å². The first-order chi connectivity index (χ1) is 12.5. The Balaban J connectivity index is 1.74. The summed E-state index contributed by atoms with van der Waals surface area (Å²) in [5.74, 6) is 1.46. The summed E-state index contributed by atoms with van der Waals surface area (Å²) in [7, 11) is 3.25. The number of aliphatic hydroxyl groups is 1. The highest BCUT2D eigenvalue weighted by Crippen LogP contribution is 2.29. The molecule has 26 heavy (non-hydrogen) atoms. The number of nitrogens with zero attached hydrogens (tertiary/aromatic N) is 1. The van der Waals surface area contributed by atoms with Gasteiger partial charge >= 0.3 is 0 Å². The number of para-hydroxylation sites is 1. The number of fused-ring (bicyclic) bond motifs is 1. The molecule has 0 fully saturated rings. The Morgan fingerprint density at radius 2 is 1.85 bits per heavy atom. The first-order valence-electron chi connectivity index (χ1n) is 8.73. The molecule has 1 unspecified atom stereocenters. The monoisotopic (exact) mass is 354 g/mol. The molecule has 0 bridgehead atoms. The van der Waals surface area contributed by atoms with E-state index in [-0.39, 0.29) is 0 Å². The van der Waals surface area contributed by atoms with Crippen LogP contribution in [0.25, 0.3) is 10.9 Å². The number of aromatic nitrogens is 1. The molecular formula is C21H26N2O3. The summed E-state index contributed by atoms with van der Waals surface area (Å²) in [5.41, 5.74) is 4.40. The van der Waals surface area contributed by atoms with E-state index in [0.29, 0.717) is 13.1 Å². The van der Waals surface area contributed by atoms with Gasteiger partial charge in [0.2, 0.25) is 0 Å². The smallest absolute Gasteiger partial charge is 0.142 e. The SMILES string of the molecule is COc1ccc(OC)c(NCC(O)Cn2c(C)c(C)c3ccccc32)c1. The van der Waals surface area contributed by atoms with Gasteiger partial charge in [0, 0.05) is 29.2 Å². The molecule has 0 spiro atoms. The first kappa shape index (κ1) is 18.1. The van der Waals surface area contributed by atoms with Crippen molar-refractivity contribution in [1.29, 1.82) is 0 Å². The van der Waals surface area contributed by atoms with E-state index in [4.69, 9.17) is 9.47 Å². The highest BCUT2D eigenvalue weighted by atomic mass is 16.5. The van der Waals surface area contributed by atoms with Crippen LogP contribution in [0.5, 0.6) is 11.5 Å². The molecule has 2 aromatic carbocycles. The van der Waals surface area contributed by atoms with Gasteiger partial charge in [-0.2, -0.15) is 0 Å². The third kappa shape index (κ3) is 3.48. The molecule has 0 saturated heterocycles. The molecule has 3 rings (SSSR count). The van der Waals surface area contributed by atoms with Crippen LogP contribution in [0.15, 0.2) is 42.5 Å². The Labute approximate surface area is 154 Å². The number of rotatable bonds is 7. The fraction of sp³-hybridized carbons (Fsp3) is 0.333. The summed E-state index contributed by atoms with van der Waals surface area (Å²) in [5, 5.41) is 15.1. The van der Waals surface area contributed by atoms with E-state index in [2.05, 4.69) is 35.9 Å². The lowest BCUT2D eigenvalue weighted by atomic mass is 10.2. The van der Waals surface area contributed by atoms with Crippen molar-refractivity contribution in [2.24, 2.45) is 0 Å². The Bertz CT molecular complexity index is 902.